The molecule has 0 radical (unpaired) electrons. The predicted molar refractivity (Wildman–Crippen MR) is 50.2 cm³/mol. The van der Waals surface area contributed by atoms with Gasteiger partial charge in [0.1, 0.15) is 12.8 Å². The minimum atomic E-state index is -1.02. The van der Waals surface area contributed by atoms with Crippen molar-refractivity contribution >= 4 is 12.0 Å². The van der Waals surface area contributed by atoms with Crippen LogP contribution in [-0.2, 0) is 4.18 Å². The van der Waals surface area contributed by atoms with E-state index in [1.165, 1.54) is 0 Å². The van der Waals surface area contributed by atoms with Crippen molar-refractivity contribution in [3.63, 3.8) is 0 Å². The zero-order valence-corrected chi connectivity index (χ0v) is 7.84. The number of rotatable bonds is 5. The molecule has 0 saturated carbocycles. The Kier molecular flexibility index (Phi) is 4.82. The Bertz CT molecular complexity index is 230. The van der Waals surface area contributed by atoms with Gasteiger partial charge in [-0.3, -0.25) is 0 Å². The van der Waals surface area contributed by atoms with Gasteiger partial charge in [0.15, 0.2) is 0 Å². The largest absolute Gasteiger partial charge is 0.388 e. The van der Waals surface area contributed by atoms with Crippen LogP contribution in [0.2, 0.25) is 0 Å². The van der Waals surface area contributed by atoms with E-state index in [2.05, 4.69) is 0 Å². The molecule has 2 nitrogen and oxygen atoms in total. The number of alkyl halides is 1. The second kappa shape index (κ2) is 5.96. The van der Waals surface area contributed by atoms with Gasteiger partial charge in [0.25, 0.3) is 0 Å². The monoisotopic (exact) mass is 202 g/mol. The third-order valence-corrected chi connectivity index (χ3v) is 2.06. The normalized spacial score (nSPS) is 12.8. The van der Waals surface area contributed by atoms with Gasteiger partial charge in [0, 0.05) is 16.9 Å². The molecule has 1 atom stereocenters. The summed E-state index contributed by atoms with van der Waals surface area (Å²) in [6, 6.07) is 9.44. The van der Waals surface area contributed by atoms with E-state index in [0.717, 1.165) is 16.9 Å². The first kappa shape index (κ1) is 10.5. The van der Waals surface area contributed by atoms with Gasteiger partial charge in [-0.15, -0.1) is 0 Å². The third-order valence-electron chi connectivity index (χ3n) is 1.34. The lowest BCUT2D eigenvalue weighted by Gasteiger charge is -2.05. The maximum absolute atomic E-state index is 11.8. The molecule has 72 valence electrons. The number of aliphatic hydroxyl groups is 1. The van der Waals surface area contributed by atoms with Crippen molar-refractivity contribution in [3.8, 4) is 0 Å². The van der Waals surface area contributed by atoms with E-state index in [0.29, 0.717) is 0 Å². The average Bonchev–Trinajstić information content (AvgIpc) is 2.19. The van der Waals surface area contributed by atoms with Crippen molar-refractivity contribution in [2.24, 2.45) is 0 Å². The quantitative estimate of drug-likeness (QED) is 0.741. The molecule has 0 fully saturated rings. The Hall–Kier alpha value is -0.580. The third kappa shape index (κ3) is 4.26. The molecule has 13 heavy (non-hydrogen) atoms. The van der Waals surface area contributed by atoms with Crippen LogP contribution >= 0.6 is 12.0 Å². The lowest BCUT2D eigenvalue weighted by Crippen LogP contribution is -2.14. The Balaban J connectivity index is 2.20. The first-order valence-corrected chi connectivity index (χ1v) is 4.65. The van der Waals surface area contributed by atoms with Gasteiger partial charge < -0.3 is 9.29 Å². The molecule has 0 saturated heterocycles. The molecule has 4 heteroatoms. The van der Waals surface area contributed by atoms with E-state index in [1.54, 1.807) is 0 Å². The van der Waals surface area contributed by atoms with Crippen LogP contribution in [0.3, 0.4) is 0 Å². The second-order valence-corrected chi connectivity index (χ2v) is 3.36. The molecule has 1 rings (SSSR count). The molecular formula is C9H11FO2S. The topological polar surface area (TPSA) is 29.5 Å². The zero-order chi connectivity index (χ0) is 9.52. The fourth-order valence-electron chi connectivity index (χ4n) is 0.701. The minimum absolute atomic E-state index is 0.00998. The fraction of sp³-hybridized carbons (Fsp3) is 0.333. The number of aliphatic hydroxyl groups excluding tert-OH is 1. The van der Waals surface area contributed by atoms with Crippen molar-refractivity contribution in [2.75, 3.05) is 13.3 Å². The first-order valence-electron chi connectivity index (χ1n) is 3.91. The summed E-state index contributed by atoms with van der Waals surface area (Å²) in [5.41, 5.74) is 0. The molecule has 1 unspecified atom stereocenters. The van der Waals surface area contributed by atoms with E-state index >= 15 is 0 Å². The average molecular weight is 202 g/mol. The van der Waals surface area contributed by atoms with Crippen LogP contribution < -0.4 is 0 Å². The Morgan fingerprint density at radius 2 is 2.08 bits per heavy atom. The molecule has 0 aliphatic rings. The summed E-state index contributed by atoms with van der Waals surface area (Å²) in [5.74, 6) is 0. The summed E-state index contributed by atoms with van der Waals surface area (Å²) in [6.07, 6.45) is -1.02. The molecule has 0 amide bonds. The molecule has 0 aliphatic carbocycles. The maximum atomic E-state index is 11.8. The number of benzene rings is 1. The van der Waals surface area contributed by atoms with Crippen LogP contribution in [0.25, 0.3) is 0 Å². The highest BCUT2D eigenvalue weighted by molar-refractivity contribution is 7.94. The van der Waals surface area contributed by atoms with Crippen molar-refractivity contribution in [1.82, 2.24) is 0 Å². The number of halogens is 1. The molecule has 0 aliphatic heterocycles. The second-order valence-electron chi connectivity index (χ2n) is 2.49. The van der Waals surface area contributed by atoms with Gasteiger partial charge in [-0.1, -0.05) is 18.2 Å². The van der Waals surface area contributed by atoms with Gasteiger partial charge in [0.05, 0.1) is 6.61 Å². The van der Waals surface area contributed by atoms with Crippen molar-refractivity contribution in [3.05, 3.63) is 30.3 Å². The molecule has 1 aromatic rings. The summed E-state index contributed by atoms with van der Waals surface area (Å²) in [7, 11) is 0. The molecule has 1 N–H and O–H groups in total. The van der Waals surface area contributed by atoms with E-state index in [9.17, 15) is 4.39 Å². The molecular weight excluding hydrogens is 191 g/mol. The van der Waals surface area contributed by atoms with Gasteiger partial charge in [-0.25, -0.2) is 4.39 Å². The SMILES string of the molecule is OC(CF)COSc1ccccc1. The van der Waals surface area contributed by atoms with E-state index in [1.807, 2.05) is 30.3 Å². The van der Waals surface area contributed by atoms with Crippen molar-refractivity contribution in [1.29, 1.82) is 0 Å². The summed E-state index contributed by atoms with van der Waals surface area (Å²) >= 11 is 1.14. The lowest BCUT2D eigenvalue weighted by molar-refractivity contribution is 0.0932. The summed E-state index contributed by atoms with van der Waals surface area (Å²) in [6.45, 7) is -0.759. The predicted octanol–water partition coefficient (Wildman–Crippen LogP) is 2.04. The molecule has 1 aromatic carbocycles. The minimum Gasteiger partial charge on any atom is -0.388 e. The highest BCUT2D eigenvalue weighted by Gasteiger charge is 2.03. The Morgan fingerprint density at radius 3 is 2.69 bits per heavy atom. The van der Waals surface area contributed by atoms with Crippen molar-refractivity contribution < 1.29 is 13.7 Å². The van der Waals surface area contributed by atoms with Gasteiger partial charge in [-0.2, -0.15) is 0 Å². The summed E-state index contributed by atoms with van der Waals surface area (Å²) in [4.78, 5) is 0.938. The molecule has 0 heterocycles. The maximum Gasteiger partial charge on any atom is 0.118 e. The van der Waals surface area contributed by atoms with Crippen LogP contribution in [-0.4, -0.2) is 24.5 Å². The molecule has 0 spiro atoms. The fourth-order valence-corrected chi connectivity index (χ4v) is 1.33. The van der Waals surface area contributed by atoms with Crippen LogP contribution in [0.4, 0.5) is 4.39 Å². The standard InChI is InChI=1S/C9H11FO2S/c10-6-8(11)7-12-13-9-4-2-1-3-5-9/h1-5,8,11H,6-7H2. The Morgan fingerprint density at radius 1 is 1.38 bits per heavy atom. The van der Waals surface area contributed by atoms with E-state index in [-0.39, 0.29) is 6.61 Å². The Labute approximate surface area is 80.9 Å². The zero-order valence-electron chi connectivity index (χ0n) is 7.02. The van der Waals surface area contributed by atoms with Gasteiger partial charge >= 0.3 is 0 Å². The molecule has 0 bridgehead atoms. The lowest BCUT2D eigenvalue weighted by atomic mass is 10.4. The highest BCUT2D eigenvalue weighted by atomic mass is 32.2. The highest BCUT2D eigenvalue weighted by Crippen LogP contribution is 2.17. The van der Waals surface area contributed by atoms with Crippen LogP contribution in [0.1, 0.15) is 0 Å². The number of hydrogen-bond acceptors (Lipinski definition) is 3. The summed E-state index contributed by atoms with van der Waals surface area (Å²) < 4.78 is 16.8. The molecule has 0 aromatic heterocycles. The number of hydrogen-bond donors (Lipinski definition) is 1. The van der Waals surface area contributed by atoms with Gasteiger partial charge in [-0.05, 0) is 12.1 Å². The first-order chi connectivity index (χ1) is 6.33. The van der Waals surface area contributed by atoms with Crippen LogP contribution in [0, 0.1) is 0 Å². The van der Waals surface area contributed by atoms with Crippen LogP contribution in [0.5, 0.6) is 0 Å². The summed E-state index contributed by atoms with van der Waals surface area (Å²) in [5, 5.41) is 8.82. The van der Waals surface area contributed by atoms with E-state index in [4.69, 9.17) is 9.29 Å². The smallest absolute Gasteiger partial charge is 0.118 e. The van der Waals surface area contributed by atoms with Crippen molar-refractivity contribution in [2.45, 2.75) is 11.0 Å². The van der Waals surface area contributed by atoms with E-state index < -0.39 is 12.8 Å². The van der Waals surface area contributed by atoms with Gasteiger partial charge in [0.2, 0.25) is 0 Å². The van der Waals surface area contributed by atoms with Crippen LogP contribution in [0.15, 0.2) is 35.2 Å².